The fraction of sp³-hybridized carbons (Fsp3) is 0.194. The Morgan fingerprint density at radius 3 is 1.76 bits per heavy atom. The van der Waals surface area contributed by atoms with Gasteiger partial charge in [-0.25, -0.2) is 4.98 Å². The van der Waals surface area contributed by atoms with Gasteiger partial charge >= 0.3 is 0 Å². The standard InChI is InChI=1S/C67H63N3O/c1-43-35-56(47-25-18-13-19-26-47)61(42-55(43)46-23-16-12-17-24-46)70-60-28-20-27-54(62(60)69-64(70)57-40-53(66(5,6)7)41-58(63(57)71)67(8,9)10)50-36-49(44-21-14-11-15-22-44)37-51(38-50)59-39-48(33-34-68-59)45-29-31-52(32-30-45)65(2,3)4/h11-42,71H,1-10H3/i1D3,2D3,3D3,4D3,29D,30D,31D,32D,33D,34D,39D. The summed E-state index contributed by atoms with van der Waals surface area (Å²) in [4.78, 5) is 10.0. The van der Waals surface area contributed by atoms with E-state index in [0.717, 1.165) is 5.56 Å². The maximum Gasteiger partial charge on any atom is 0.149 e. The van der Waals surface area contributed by atoms with Crippen molar-refractivity contribution in [1.82, 2.24) is 14.5 Å². The lowest BCUT2D eigenvalue weighted by Gasteiger charge is -2.28. The number of aryl methyl sites for hydroxylation is 1. The third kappa shape index (κ3) is 9.23. The molecule has 0 aliphatic rings. The average molecular weight is 945 g/mol. The minimum absolute atomic E-state index is 0.0259. The van der Waals surface area contributed by atoms with Crippen LogP contribution in [0.25, 0.3) is 95.0 Å². The summed E-state index contributed by atoms with van der Waals surface area (Å²) in [5, 5.41) is 12.8. The van der Waals surface area contributed by atoms with Gasteiger partial charge in [-0.05, 0) is 139 Å². The molecule has 0 atom stereocenters. The first-order chi connectivity index (χ1) is 41.8. The molecule has 71 heavy (non-hydrogen) atoms. The largest absolute Gasteiger partial charge is 0.507 e. The summed E-state index contributed by atoms with van der Waals surface area (Å²) in [5.74, 6) is 0.273. The van der Waals surface area contributed by atoms with Crippen molar-refractivity contribution >= 4 is 11.0 Å². The molecule has 0 radical (unpaired) electrons. The molecule has 0 saturated carbocycles. The number of hydrogen-bond acceptors (Lipinski definition) is 3. The number of aromatic hydroxyl groups is 1. The van der Waals surface area contributed by atoms with Crippen LogP contribution in [0.1, 0.15) is 110 Å². The molecule has 0 spiro atoms. The first kappa shape index (κ1) is 29.4. The average Bonchev–Trinajstić information content (AvgIpc) is 0.789. The molecule has 10 rings (SSSR count). The van der Waals surface area contributed by atoms with Gasteiger partial charge in [0, 0.05) is 44.9 Å². The monoisotopic (exact) mass is 945 g/mol. The Morgan fingerprint density at radius 2 is 1.13 bits per heavy atom. The van der Waals surface area contributed by atoms with Crippen LogP contribution in [0.4, 0.5) is 0 Å². The number of pyridine rings is 1. The highest BCUT2D eigenvalue weighted by molar-refractivity contribution is 5.99. The maximum absolute atomic E-state index is 12.8. The van der Waals surface area contributed by atoms with Crippen LogP contribution in [-0.4, -0.2) is 19.6 Å². The van der Waals surface area contributed by atoms with Gasteiger partial charge in [0.05, 0.1) is 37.6 Å². The lowest BCUT2D eigenvalue weighted by atomic mass is 9.79. The summed E-state index contributed by atoms with van der Waals surface area (Å²) in [6, 6.07) is 39.5. The van der Waals surface area contributed by atoms with Gasteiger partial charge in [-0.1, -0.05) is 195 Å². The molecule has 0 bridgehead atoms. The van der Waals surface area contributed by atoms with E-state index in [1.54, 1.807) is 18.2 Å². The summed E-state index contributed by atoms with van der Waals surface area (Å²) in [7, 11) is 0. The maximum atomic E-state index is 12.8. The highest BCUT2D eigenvalue weighted by atomic mass is 16.3. The molecule has 0 unspecified atom stereocenters. The van der Waals surface area contributed by atoms with Crippen LogP contribution < -0.4 is 0 Å². The van der Waals surface area contributed by atoms with E-state index in [2.05, 4.69) is 25.8 Å². The zero-order valence-electron chi connectivity index (χ0n) is 59.2. The highest BCUT2D eigenvalue weighted by Crippen LogP contribution is 2.47. The predicted octanol–water partition coefficient (Wildman–Crippen LogP) is 18.0. The molecular formula is C67H63N3O. The smallest absolute Gasteiger partial charge is 0.149 e. The topological polar surface area (TPSA) is 50.9 Å². The Balaban J connectivity index is 1.32. The molecule has 0 aliphatic carbocycles. The van der Waals surface area contributed by atoms with Gasteiger partial charge in [-0.3, -0.25) is 9.55 Å². The summed E-state index contributed by atoms with van der Waals surface area (Å²) in [5.41, 5.74) is 0.0139. The molecule has 2 heterocycles. The van der Waals surface area contributed by atoms with Crippen LogP contribution in [0.3, 0.4) is 0 Å². The van der Waals surface area contributed by atoms with Crippen LogP contribution in [0, 0.1) is 6.85 Å². The minimum atomic E-state index is -3.96. The number of hydrogen-bond donors (Lipinski definition) is 1. The Kier molecular flexibility index (Phi) is 7.52. The highest BCUT2D eigenvalue weighted by Gasteiger charge is 2.30. The van der Waals surface area contributed by atoms with Gasteiger partial charge in [0.1, 0.15) is 11.6 Å². The van der Waals surface area contributed by atoms with Crippen LogP contribution in [-0.2, 0) is 16.2 Å². The summed E-state index contributed by atoms with van der Waals surface area (Å²) >= 11 is 0. The molecule has 0 saturated heterocycles. The number of imidazole rings is 1. The molecule has 10 aromatic rings. The SMILES string of the molecule is [2H]c1nc(-c2cc(-c3ccccc3)cc(-c3cccc4c3nc(-c3cc(C(C)(C)C)cc(C(C)(C)C)c3O)n4-c3cc(-c4ccccc4)c(C([2H])([2H])[2H])cc3-c3ccccc3)c2)c([2H])c(-c2c([2H])c([2H])c(C(C([2H])([2H])[2H])(C([2H])([2H])[2H])C([2H])([2H])[2H])c([2H])c2[2H])c1[2H]. The molecule has 4 nitrogen and oxygen atoms in total. The Hall–Kier alpha value is -7.82. The van der Waals surface area contributed by atoms with Gasteiger partial charge in [-0.15, -0.1) is 0 Å². The zero-order valence-corrected chi connectivity index (χ0v) is 40.2. The Bertz CT molecular complexity index is 4390. The molecule has 4 heteroatoms. The van der Waals surface area contributed by atoms with Crippen molar-refractivity contribution in [3.63, 3.8) is 0 Å². The summed E-state index contributed by atoms with van der Waals surface area (Å²) in [6.07, 6.45) is -0.781. The van der Waals surface area contributed by atoms with E-state index in [1.165, 1.54) is 0 Å². The number of phenolic OH excluding ortho intramolecular Hbond substituents is 1. The normalized spacial score (nSPS) is 16.7. The molecule has 0 fully saturated rings. The van der Waals surface area contributed by atoms with E-state index in [4.69, 9.17) is 26.9 Å². The molecule has 2 aromatic heterocycles. The van der Waals surface area contributed by atoms with Gasteiger partial charge in [0.15, 0.2) is 0 Å². The van der Waals surface area contributed by atoms with Crippen molar-refractivity contribution < 1.29 is 31.2 Å². The Morgan fingerprint density at radius 1 is 0.493 bits per heavy atom. The third-order valence-electron chi connectivity index (χ3n) is 12.7. The number of para-hydroxylation sites is 1. The van der Waals surface area contributed by atoms with E-state index in [0.29, 0.717) is 78.2 Å². The van der Waals surface area contributed by atoms with Gasteiger partial charge < -0.3 is 5.11 Å². The van der Waals surface area contributed by atoms with Crippen LogP contribution in [0.2, 0.25) is 0 Å². The van der Waals surface area contributed by atoms with Crippen molar-refractivity contribution in [1.29, 1.82) is 0 Å². The first-order valence-electron chi connectivity index (χ1n) is 32.8. The first-order valence-corrected chi connectivity index (χ1v) is 23.3. The van der Waals surface area contributed by atoms with Crippen LogP contribution >= 0.6 is 0 Å². The summed E-state index contributed by atoms with van der Waals surface area (Å²) in [6.45, 7) is -2.20. The van der Waals surface area contributed by atoms with Crippen molar-refractivity contribution in [3.8, 4) is 89.7 Å². The van der Waals surface area contributed by atoms with Crippen molar-refractivity contribution in [2.24, 2.45) is 0 Å². The Labute approximate surface area is 447 Å². The van der Waals surface area contributed by atoms with Gasteiger partial charge in [-0.2, -0.15) is 0 Å². The van der Waals surface area contributed by atoms with E-state index in [9.17, 15) is 9.22 Å². The molecule has 0 amide bonds. The molecule has 0 aliphatic heterocycles. The number of benzene rings is 8. The second-order valence-corrected chi connectivity index (χ2v) is 19.9. The van der Waals surface area contributed by atoms with Crippen molar-refractivity contribution in [3.05, 3.63) is 216 Å². The molecule has 8 aromatic carbocycles. The zero-order chi connectivity index (χ0) is 65.9. The lowest BCUT2D eigenvalue weighted by molar-refractivity contribution is 0.446. The van der Waals surface area contributed by atoms with Crippen molar-refractivity contribution in [2.75, 3.05) is 0 Å². The fourth-order valence-corrected chi connectivity index (χ4v) is 8.97. The van der Waals surface area contributed by atoms with Gasteiger partial charge in [0.25, 0.3) is 0 Å². The number of fused-ring (bicyclic) bond motifs is 1. The number of rotatable bonds is 8. The van der Waals surface area contributed by atoms with E-state index in [1.807, 2.05) is 159 Å². The second-order valence-electron chi connectivity index (χ2n) is 19.9. The van der Waals surface area contributed by atoms with E-state index < -0.39 is 103 Å². The molecule has 352 valence electrons. The van der Waals surface area contributed by atoms with Crippen LogP contribution in [0.15, 0.2) is 194 Å². The lowest BCUT2D eigenvalue weighted by Crippen LogP contribution is -2.17. The second kappa shape index (κ2) is 18.2. The molecular weight excluding hydrogens is 863 g/mol. The number of nitrogens with zero attached hydrogens (tertiary/aromatic N) is 3. The number of phenols is 1. The number of aromatic nitrogens is 3. The quantitative estimate of drug-likeness (QED) is 0.165. The van der Waals surface area contributed by atoms with E-state index >= 15 is 0 Å². The third-order valence-corrected chi connectivity index (χ3v) is 12.7. The molecule has 1 N–H and O–H groups in total. The van der Waals surface area contributed by atoms with E-state index in [-0.39, 0.29) is 22.6 Å². The fourth-order valence-electron chi connectivity index (χ4n) is 8.97. The van der Waals surface area contributed by atoms with Crippen molar-refractivity contribution in [2.45, 2.75) is 85.2 Å². The predicted molar refractivity (Wildman–Crippen MR) is 299 cm³/mol. The summed E-state index contributed by atoms with van der Waals surface area (Å²) < 4.78 is 168. The van der Waals surface area contributed by atoms with Gasteiger partial charge in [0.2, 0.25) is 0 Å². The minimum Gasteiger partial charge on any atom is -0.507 e. The van der Waals surface area contributed by atoms with Crippen LogP contribution in [0.5, 0.6) is 5.75 Å².